The van der Waals surface area contributed by atoms with Gasteiger partial charge in [-0.2, -0.15) is 5.26 Å². The molecule has 0 aliphatic rings. The minimum atomic E-state index is -0.311. The minimum Gasteiger partial charge on any atom is -0.493 e. The molecule has 0 radical (unpaired) electrons. The van der Waals surface area contributed by atoms with Crippen LogP contribution in [0.3, 0.4) is 0 Å². The van der Waals surface area contributed by atoms with Crippen LogP contribution in [0.15, 0.2) is 39.5 Å². The second-order valence-corrected chi connectivity index (χ2v) is 6.06. The van der Waals surface area contributed by atoms with Crippen molar-refractivity contribution in [1.82, 2.24) is 0 Å². The maximum Gasteiger partial charge on any atom is 0.235 e. The molecule has 3 rings (SSSR count). The summed E-state index contributed by atoms with van der Waals surface area (Å²) in [7, 11) is 3.07. The van der Waals surface area contributed by atoms with Crippen molar-refractivity contribution in [2.24, 2.45) is 0 Å². The molecule has 0 aliphatic heterocycles. The molecule has 0 saturated carbocycles. The Morgan fingerprint density at radius 3 is 2.48 bits per heavy atom. The third-order valence-corrected chi connectivity index (χ3v) is 4.22. The number of nitrogens with zero attached hydrogens (tertiary/aromatic N) is 1. The van der Waals surface area contributed by atoms with Crippen LogP contribution in [-0.4, -0.2) is 20.8 Å². The SMILES string of the molecule is COc1ccc(-c2oc3cc(C)cc(C)c3c(=O)c2OCC#N)cc1OC. The lowest BCUT2D eigenvalue weighted by Crippen LogP contribution is -2.11. The summed E-state index contributed by atoms with van der Waals surface area (Å²) in [5.74, 6) is 1.29. The van der Waals surface area contributed by atoms with Crippen molar-refractivity contribution in [3.05, 3.63) is 51.7 Å². The van der Waals surface area contributed by atoms with Gasteiger partial charge in [0.15, 0.2) is 23.9 Å². The average Bonchev–Trinajstić information content (AvgIpc) is 2.65. The molecule has 0 N–H and O–H groups in total. The number of hydrogen-bond donors (Lipinski definition) is 0. The Hall–Kier alpha value is -3.46. The van der Waals surface area contributed by atoms with E-state index >= 15 is 0 Å². The summed E-state index contributed by atoms with van der Waals surface area (Å²) in [6.45, 7) is 3.51. The predicted molar refractivity (Wildman–Crippen MR) is 102 cm³/mol. The summed E-state index contributed by atoms with van der Waals surface area (Å²) in [5, 5.41) is 9.33. The molecule has 27 heavy (non-hydrogen) atoms. The lowest BCUT2D eigenvalue weighted by molar-refractivity contribution is 0.353. The Labute approximate surface area is 156 Å². The molecule has 2 aromatic carbocycles. The van der Waals surface area contributed by atoms with Crippen LogP contribution in [0.1, 0.15) is 11.1 Å². The van der Waals surface area contributed by atoms with E-state index in [1.165, 1.54) is 7.11 Å². The first-order valence-corrected chi connectivity index (χ1v) is 8.30. The third-order valence-electron chi connectivity index (χ3n) is 4.22. The number of rotatable bonds is 5. The van der Waals surface area contributed by atoms with Crippen molar-refractivity contribution in [3.8, 4) is 34.6 Å². The molecule has 1 aromatic heterocycles. The zero-order valence-corrected chi connectivity index (χ0v) is 15.6. The van der Waals surface area contributed by atoms with Gasteiger partial charge in [0, 0.05) is 5.56 Å². The second-order valence-electron chi connectivity index (χ2n) is 6.06. The topological polar surface area (TPSA) is 81.7 Å². The van der Waals surface area contributed by atoms with Crippen molar-refractivity contribution in [2.75, 3.05) is 20.8 Å². The summed E-state index contributed by atoms with van der Waals surface area (Å²) in [6, 6.07) is 10.8. The highest BCUT2D eigenvalue weighted by atomic mass is 16.5. The molecule has 0 bridgehead atoms. The van der Waals surface area contributed by atoms with Crippen molar-refractivity contribution < 1.29 is 18.6 Å². The normalized spacial score (nSPS) is 10.5. The van der Waals surface area contributed by atoms with Gasteiger partial charge in [0.2, 0.25) is 11.2 Å². The first-order valence-electron chi connectivity index (χ1n) is 8.30. The number of fused-ring (bicyclic) bond motifs is 1. The smallest absolute Gasteiger partial charge is 0.235 e. The molecule has 3 aromatic rings. The molecular formula is C21H19NO5. The van der Waals surface area contributed by atoms with Crippen LogP contribution in [0.5, 0.6) is 17.2 Å². The Morgan fingerprint density at radius 2 is 1.81 bits per heavy atom. The molecule has 6 heteroatoms. The Morgan fingerprint density at radius 1 is 1.07 bits per heavy atom. The Bertz CT molecular complexity index is 1110. The number of aryl methyl sites for hydroxylation is 2. The van der Waals surface area contributed by atoms with Crippen LogP contribution >= 0.6 is 0 Å². The predicted octanol–water partition coefficient (Wildman–Crippen LogP) is 4.00. The van der Waals surface area contributed by atoms with E-state index in [1.54, 1.807) is 25.3 Å². The van der Waals surface area contributed by atoms with Gasteiger partial charge >= 0.3 is 0 Å². The van der Waals surface area contributed by atoms with Gasteiger partial charge in [0.05, 0.1) is 19.6 Å². The van der Waals surface area contributed by atoms with E-state index in [1.807, 2.05) is 32.0 Å². The van der Waals surface area contributed by atoms with Crippen molar-refractivity contribution in [3.63, 3.8) is 0 Å². The first kappa shape index (κ1) is 18.3. The molecule has 0 saturated heterocycles. The summed E-state index contributed by atoms with van der Waals surface area (Å²) >= 11 is 0. The van der Waals surface area contributed by atoms with E-state index in [9.17, 15) is 4.79 Å². The van der Waals surface area contributed by atoms with Gasteiger partial charge in [-0.1, -0.05) is 6.07 Å². The molecule has 0 atom stereocenters. The third kappa shape index (κ3) is 3.32. The van der Waals surface area contributed by atoms with Gasteiger partial charge in [-0.25, -0.2) is 0 Å². The summed E-state index contributed by atoms with van der Waals surface area (Å²) in [6.07, 6.45) is 0. The lowest BCUT2D eigenvalue weighted by Gasteiger charge is -2.13. The molecule has 0 amide bonds. The van der Waals surface area contributed by atoms with Crippen LogP contribution in [0, 0.1) is 25.2 Å². The highest BCUT2D eigenvalue weighted by Gasteiger charge is 2.20. The Balaban J connectivity index is 2.34. The van der Waals surface area contributed by atoms with E-state index in [0.717, 1.165) is 11.1 Å². The summed E-state index contributed by atoms with van der Waals surface area (Å²) in [4.78, 5) is 13.1. The van der Waals surface area contributed by atoms with Gasteiger partial charge in [-0.3, -0.25) is 4.79 Å². The number of ether oxygens (including phenoxy) is 3. The molecular weight excluding hydrogens is 346 g/mol. The quantitative estimate of drug-likeness (QED) is 0.680. The van der Waals surface area contributed by atoms with E-state index in [4.69, 9.17) is 23.9 Å². The molecule has 1 heterocycles. The Kier molecular flexibility index (Phi) is 5.04. The highest BCUT2D eigenvalue weighted by Crippen LogP contribution is 2.37. The fourth-order valence-corrected chi connectivity index (χ4v) is 3.08. The molecule has 138 valence electrons. The van der Waals surface area contributed by atoms with E-state index in [2.05, 4.69) is 0 Å². The monoisotopic (exact) mass is 365 g/mol. The fourth-order valence-electron chi connectivity index (χ4n) is 3.08. The minimum absolute atomic E-state index is 0.00298. The van der Waals surface area contributed by atoms with E-state index in [-0.39, 0.29) is 23.5 Å². The maximum atomic E-state index is 13.1. The van der Waals surface area contributed by atoms with Gasteiger partial charge in [0.1, 0.15) is 11.7 Å². The molecule has 0 unspecified atom stereocenters. The van der Waals surface area contributed by atoms with Crippen LogP contribution in [0.4, 0.5) is 0 Å². The van der Waals surface area contributed by atoms with Gasteiger partial charge < -0.3 is 18.6 Å². The number of methoxy groups -OCH3 is 2. The standard InChI is InChI=1S/C21H19NO5/c1-12-9-13(2)18-17(10-12)27-20(21(19(18)23)26-8-7-22)14-5-6-15(24-3)16(11-14)25-4/h5-6,9-11H,8H2,1-4H3. The van der Waals surface area contributed by atoms with Crippen LogP contribution in [-0.2, 0) is 0 Å². The average molecular weight is 365 g/mol. The zero-order valence-electron chi connectivity index (χ0n) is 15.6. The fraction of sp³-hybridized carbons (Fsp3) is 0.238. The molecule has 6 nitrogen and oxygen atoms in total. The van der Waals surface area contributed by atoms with Crippen LogP contribution < -0.4 is 19.6 Å². The first-order chi connectivity index (χ1) is 13.0. The van der Waals surface area contributed by atoms with Crippen LogP contribution in [0.2, 0.25) is 0 Å². The number of nitriles is 1. The van der Waals surface area contributed by atoms with Crippen LogP contribution in [0.25, 0.3) is 22.3 Å². The van der Waals surface area contributed by atoms with Gasteiger partial charge in [-0.15, -0.1) is 0 Å². The summed E-state index contributed by atoms with van der Waals surface area (Å²) in [5.41, 5.74) is 2.51. The number of benzene rings is 2. The van der Waals surface area contributed by atoms with Crippen molar-refractivity contribution in [2.45, 2.75) is 13.8 Å². The molecule has 0 fully saturated rings. The van der Waals surface area contributed by atoms with E-state index in [0.29, 0.717) is 28.0 Å². The van der Waals surface area contributed by atoms with Gasteiger partial charge in [0.25, 0.3) is 0 Å². The summed E-state index contributed by atoms with van der Waals surface area (Å²) < 4.78 is 22.1. The maximum absolute atomic E-state index is 13.1. The zero-order chi connectivity index (χ0) is 19.6. The van der Waals surface area contributed by atoms with Crippen molar-refractivity contribution >= 4 is 11.0 Å². The molecule has 0 aliphatic carbocycles. The lowest BCUT2D eigenvalue weighted by atomic mass is 10.0. The van der Waals surface area contributed by atoms with Crippen molar-refractivity contribution in [1.29, 1.82) is 5.26 Å². The van der Waals surface area contributed by atoms with Gasteiger partial charge in [-0.05, 0) is 49.2 Å². The molecule has 0 spiro atoms. The largest absolute Gasteiger partial charge is 0.493 e. The highest BCUT2D eigenvalue weighted by molar-refractivity contribution is 5.85. The van der Waals surface area contributed by atoms with E-state index < -0.39 is 0 Å². The second kappa shape index (κ2) is 7.42. The number of hydrogen-bond acceptors (Lipinski definition) is 6.